The molecule has 1 aliphatic rings. The predicted octanol–water partition coefficient (Wildman–Crippen LogP) is 3.81. The van der Waals surface area contributed by atoms with Crippen LogP contribution in [0.1, 0.15) is 48.7 Å². The van der Waals surface area contributed by atoms with E-state index in [0.717, 1.165) is 30.0 Å². The Morgan fingerprint density at radius 3 is 2.83 bits per heavy atom. The van der Waals surface area contributed by atoms with Gasteiger partial charge >= 0.3 is 0 Å². The number of anilines is 2. The van der Waals surface area contributed by atoms with Crippen molar-refractivity contribution in [3.8, 4) is 0 Å². The van der Waals surface area contributed by atoms with Crippen molar-refractivity contribution in [2.24, 2.45) is 0 Å². The smallest absolute Gasteiger partial charge is 0.276 e. The van der Waals surface area contributed by atoms with Crippen molar-refractivity contribution in [1.82, 2.24) is 10.2 Å². The third-order valence-electron chi connectivity index (χ3n) is 4.55. The molecular weight excluding hydrogens is 300 g/mol. The van der Waals surface area contributed by atoms with Crippen molar-refractivity contribution in [3.05, 3.63) is 47.7 Å². The Morgan fingerprint density at radius 1 is 1.25 bits per heavy atom. The van der Waals surface area contributed by atoms with Crippen LogP contribution in [-0.4, -0.2) is 28.7 Å². The lowest BCUT2D eigenvalue weighted by molar-refractivity contribution is 0.102. The molecule has 0 spiro atoms. The second kappa shape index (κ2) is 7.43. The number of carbonyl (C=O) groups is 1. The van der Waals surface area contributed by atoms with Crippen LogP contribution in [0.3, 0.4) is 0 Å². The summed E-state index contributed by atoms with van der Waals surface area (Å²) in [7, 11) is 0. The van der Waals surface area contributed by atoms with Gasteiger partial charge in [-0.2, -0.15) is 0 Å². The zero-order valence-electron chi connectivity index (χ0n) is 14.3. The van der Waals surface area contributed by atoms with Gasteiger partial charge in [-0.05, 0) is 62.4 Å². The van der Waals surface area contributed by atoms with E-state index in [1.165, 1.54) is 19.3 Å². The van der Waals surface area contributed by atoms with Crippen LogP contribution < -0.4 is 10.2 Å². The lowest BCUT2D eigenvalue weighted by Crippen LogP contribution is -2.39. The summed E-state index contributed by atoms with van der Waals surface area (Å²) in [6, 6.07) is 11.9. The van der Waals surface area contributed by atoms with Gasteiger partial charge in [-0.3, -0.25) is 4.79 Å². The van der Waals surface area contributed by atoms with Crippen molar-refractivity contribution >= 4 is 17.4 Å². The number of carbonyl (C=O) groups excluding carboxylic acids is 1. The number of rotatable bonds is 4. The summed E-state index contributed by atoms with van der Waals surface area (Å²) in [6.07, 6.45) is 4.78. The maximum absolute atomic E-state index is 12.3. The van der Waals surface area contributed by atoms with E-state index < -0.39 is 0 Å². The topological polar surface area (TPSA) is 58.1 Å². The van der Waals surface area contributed by atoms with Crippen LogP contribution in [0, 0.1) is 6.92 Å². The molecule has 1 atom stereocenters. The van der Waals surface area contributed by atoms with Gasteiger partial charge in [-0.1, -0.05) is 19.1 Å². The van der Waals surface area contributed by atoms with Crippen molar-refractivity contribution in [2.75, 3.05) is 16.8 Å². The molecule has 2 heterocycles. The molecule has 0 aliphatic carbocycles. The molecule has 1 fully saturated rings. The monoisotopic (exact) mass is 324 g/mol. The summed E-state index contributed by atoms with van der Waals surface area (Å²) >= 11 is 0. The van der Waals surface area contributed by atoms with E-state index in [2.05, 4.69) is 27.3 Å². The second-order valence-electron chi connectivity index (χ2n) is 6.35. The molecule has 0 radical (unpaired) electrons. The lowest BCUT2D eigenvalue weighted by Gasteiger charge is -2.35. The third-order valence-corrected chi connectivity index (χ3v) is 4.55. The fraction of sp³-hybridized carbons (Fsp3) is 0.421. The van der Waals surface area contributed by atoms with Crippen LogP contribution in [0.4, 0.5) is 11.5 Å². The molecule has 24 heavy (non-hydrogen) atoms. The van der Waals surface area contributed by atoms with Crippen molar-refractivity contribution in [3.63, 3.8) is 0 Å². The van der Waals surface area contributed by atoms with E-state index in [0.29, 0.717) is 11.7 Å². The number of hydrogen-bond acceptors (Lipinski definition) is 4. The Balaban J connectivity index is 1.70. The van der Waals surface area contributed by atoms with Gasteiger partial charge in [0.2, 0.25) is 0 Å². The first-order valence-corrected chi connectivity index (χ1v) is 8.66. The standard InChI is InChI=1S/C19H24N4O/c1-3-16-9-4-5-12-23(16)18-11-10-17(21-22-18)19(24)20-15-8-6-7-14(2)13-15/h6-8,10-11,13,16H,3-5,9,12H2,1-2H3,(H,20,24). The normalized spacial score (nSPS) is 17.6. The minimum absolute atomic E-state index is 0.231. The average molecular weight is 324 g/mol. The first-order valence-electron chi connectivity index (χ1n) is 8.66. The lowest BCUT2D eigenvalue weighted by atomic mass is 10.0. The van der Waals surface area contributed by atoms with Crippen LogP contribution in [-0.2, 0) is 0 Å². The number of piperidine rings is 1. The molecule has 1 aliphatic heterocycles. The highest BCUT2D eigenvalue weighted by atomic mass is 16.1. The zero-order valence-corrected chi connectivity index (χ0v) is 14.3. The Labute approximate surface area is 143 Å². The maximum atomic E-state index is 12.3. The Hall–Kier alpha value is -2.43. The van der Waals surface area contributed by atoms with Crippen LogP contribution >= 0.6 is 0 Å². The van der Waals surface area contributed by atoms with Gasteiger partial charge in [0, 0.05) is 18.3 Å². The summed E-state index contributed by atoms with van der Waals surface area (Å²) in [5, 5.41) is 11.3. The highest BCUT2D eigenvalue weighted by molar-refractivity contribution is 6.02. The summed E-state index contributed by atoms with van der Waals surface area (Å²) in [5.74, 6) is 0.638. The second-order valence-corrected chi connectivity index (χ2v) is 6.35. The van der Waals surface area contributed by atoms with Crippen LogP contribution in [0.2, 0.25) is 0 Å². The minimum atomic E-state index is -0.231. The van der Waals surface area contributed by atoms with Gasteiger partial charge in [-0.25, -0.2) is 0 Å². The van der Waals surface area contributed by atoms with E-state index in [1.807, 2.05) is 37.3 Å². The fourth-order valence-electron chi connectivity index (χ4n) is 3.24. The molecule has 3 rings (SSSR count). The predicted molar refractivity (Wildman–Crippen MR) is 96.4 cm³/mol. The number of aromatic nitrogens is 2. The highest BCUT2D eigenvalue weighted by Crippen LogP contribution is 2.24. The van der Waals surface area contributed by atoms with E-state index >= 15 is 0 Å². The molecule has 1 aromatic heterocycles. The summed E-state index contributed by atoms with van der Waals surface area (Å²) in [6.45, 7) is 5.22. The summed E-state index contributed by atoms with van der Waals surface area (Å²) in [5.41, 5.74) is 2.21. The molecule has 1 unspecified atom stereocenters. The summed E-state index contributed by atoms with van der Waals surface area (Å²) in [4.78, 5) is 14.6. The van der Waals surface area contributed by atoms with Gasteiger partial charge in [0.05, 0.1) is 0 Å². The fourth-order valence-corrected chi connectivity index (χ4v) is 3.24. The Kier molecular flexibility index (Phi) is 5.08. The molecule has 5 heteroatoms. The SMILES string of the molecule is CCC1CCCCN1c1ccc(C(=O)Nc2cccc(C)c2)nn1. The Morgan fingerprint density at radius 2 is 2.12 bits per heavy atom. The molecule has 2 aromatic rings. The maximum Gasteiger partial charge on any atom is 0.276 e. The quantitative estimate of drug-likeness (QED) is 0.929. The third kappa shape index (κ3) is 3.72. The molecule has 1 aromatic carbocycles. The van der Waals surface area contributed by atoms with Crippen LogP contribution in [0.5, 0.6) is 0 Å². The van der Waals surface area contributed by atoms with Gasteiger partial charge in [-0.15, -0.1) is 10.2 Å². The van der Waals surface area contributed by atoms with Gasteiger partial charge < -0.3 is 10.2 Å². The summed E-state index contributed by atoms with van der Waals surface area (Å²) < 4.78 is 0. The zero-order chi connectivity index (χ0) is 16.9. The number of aryl methyl sites for hydroxylation is 1. The first kappa shape index (κ1) is 16.4. The van der Waals surface area contributed by atoms with Crippen LogP contribution in [0.15, 0.2) is 36.4 Å². The van der Waals surface area contributed by atoms with Crippen molar-refractivity contribution in [1.29, 1.82) is 0 Å². The number of benzene rings is 1. The first-order chi connectivity index (χ1) is 11.7. The molecule has 1 N–H and O–H groups in total. The van der Waals surface area contributed by atoms with E-state index in [9.17, 15) is 4.79 Å². The van der Waals surface area contributed by atoms with Gasteiger partial charge in [0.25, 0.3) is 5.91 Å². The molecule has 5 nitrogen and oxygen atoms in total. The molecule has 1 saturated heterocycles. The van der Waals surface area contributed by atoms with E-state index in [-0.39, 0.29) is 5.91 Å². The molecule has 0 bridgehead atoms. The highest BCUT2D eigenvalue weighted by Gasteiger charge is 2.22. The number of nitrogens with zero attached hydrogens (tertiary/aromatic N) is 3. The minimum Gasteiger partial charge on any atom is -0.352 e. The molecule has 126 valence electrons. The van der Waals surface area contributed by atoms with E-state index in [1.54, 1.807) is 6.07 Å². The average Bonchev–Trinajstić information content (AvgIpc) is 2.62. The van der Waals surface area contributed by atoms with Gasteiger partial charge in [0.1, 0.15) is 0 Å². The number of amides is 1. The molecule has 1 amide bonds. The van der Waals surface area contributed by atoms with Crippen molar-refractivity contribution in [2.45, 2.75) is 45.6 Å². The van der Waals surface area contributed by atoms with Crippen molar-refractivity contribution < 1.29 is 4.79 Å². The molecular formula is C19H24N4O. The molecule has 0 saturated carbocycles. The van der Waals surface area contributed by atoms with Gasteiger partial charge in [0.15, 0.2) is 11.5 Å². The largest absolute Gasteiger partial charge is 0.352 e. The number of nitrogens with one attached hydrogen (secondary N) is 1. The van der Waals surface area contributed by atoms with E-state index in [4.69, 9.17) is 0 Å². The van der Waals surface area contributed by atoms with Crippen LogP contribution in [0.25, 0.3) is 0 Å². The number of hydrogen-bond donors (Lipinski definition) is 1. The Bertz CT molecular complexity index is 699.